The summed E-state index contributed by atoms with van der Waals surface area (Å²) in [7, 11) is 0. The molecule has 1 aliphatic carbocycles. The Morgan fingerprint density at radius 2 is 2.15 bits per heavy atom. The smallest absolute Gasteiger partial charge is 0.382 e. The predicted octanol–water partition coefficient (Wildman–Crippen LogP) is 5.09. The van der Waals surface area contributed by atoms with Crippen molar-refractivity contribution < 1.29 is 13.2 Å². The van der Waals surface area contributed by atoms with Crippen molar-refractivity contribution in [2.75, 3.05) is 5.32 Å². The maximum Gasteiger partial charge on any atom is 0.417 e. The minimum absolute atomic E-state index is 0.0106. The molecule has 1 heterocycles. The molecule has 7 heteroatoms. The van der Waals surface area contributed by atoms with E-state index in [-0.39, 0.29) is 11.6 Å². The summed E-state index contributed by atoms with van der Waals surface area (Å²) in [5.41, 5.74) is 1.31. The lowest BCUT2D eigenvalue weighted by atomic mass is 10.1. The molecule has 1 aliphatic rings. The minimum atomic E-state index is -4.55. The number of alkyl halides is 3. The fourth-order valence-corrected chi connectivity index (χ4v) is 3.36. The normalized spacial score (nSPS) is 17.1. The average molecular weight is 374 g/mol. The summed E-state index contributed by atoms with van der Waals surface area (Å²) in [5.74, 6) is 0.494. The summed E-state index contributed by atoms with van der Waals surface area (Å²) in [6.45, 7) is 5.15. The van der Waals surface area contributed by atoms with Crippen LogP contribution >= 0.6 is 0 Å². The molecule has 0 amide bonds. The molecular formula is C20H21F3N4. The van der Waals surface area contributed by atoms with Gasteiger partial charge in [0.05, 0.1) is 35.4 Å². The van der Waals surface area contributed by atoms with E-state index >= 15 is 0 Å². The molecule has 0 spiro atoms. The van der Waals surface area contributed by atoms with E-state index in [2.05, 4.69) is 34.8 Å². The summed E-state index contributed by atoms with van der Waals surface area (Å²) < 4.78 is 41.5. The van der Waals surface area contributed by atoms with Gasteiger partial charge in [-0.2, -0.15) is 18.4 Å². The molecule has 2 aromatic rings. The summed E-state index contributed by atoms with van der Waals surface area (Å²) in [5, 5.41) is 12.1. The Morgan fingerprint density at radius 1 is 1.37 bits per heavy atom. The van der Waals surface area contributed by atoms with Crippen molar-refractivity contribution in [2.45, 2.75) is 45.5 Å². The van der Waals surface area contributed by atoms with Crippen molar-refractivity contribution in [1.29, 1.82) is 5.26 Å². The number of benzene rings is 1. The Kier molecular flexibility index (Phi) is 5.26. The number of rotatable bonds is 5. The number of nitriles is 1. The van der Waals surface area contributed by atoms with Gasteiger partial charge in [-0.15, -0.1) is 0 Å². The van der Waals surface area contributed by atoms with E-state index in [0.29, 0.717) is 18.0 Å². The third-order valence-corrected chi connectivity index (χ3v) is 4.53. The first-order valence-electron chi connectivity index (χ1n) is 8.85. The van der Waals surface area contributed by atoms with Gasteiger partial charge < -0.3 is 9.88 Å². The van der Waals surface area contributed by atoms with E-state index in [0.717, 1.165) is 30.3 Å². The van der Waals surface area contributed by atoms with Gasteiger partial charge in [0.2, 0.25) is 0 Å². The number of halogens is 3. The number of anilines is 1. The van der Waals surface area contributed by atoms with Crippen molar-refractivity contribution >= 4 is 11.3 Å². The zero-order valence-electron chi connectivity index (χ0n) is 15.2. The van der Waals surface area contributed by atoms with E-state index in [1.807, 2.05) is 12.5 Å². The molecule has 3 rings (SSSR count). The van der Waals surface area contributed by atoms with Gasteiger partial charge in [-0.1, -0.05) is 19.9 Å². The molecule has 1 unspecified atom stereocenters. The number of nitrogens with one attached hydrogen (secondary N) is 1. The van der Waals surface area contributed by atoms with Crippen LogP contribution in [0.3, 0.4) is 0 Å². The topological polar surface area (TPSA) is 53.6 Å². The Balaban J connectivity index is 1.72. The van der Waals surface area contributed by atoms with E-state index in [9.17, 15) is 13.2 Å². The first kappa shape index (κ1) is 19.0. The highest BCUT2D eigenvalue weighted by Crippen LogP contribution is 2.35. The first-order chi connectivity index (χ1) is 12.8. The van der Waals surface area contributed by atoms with Crippen LogP contribution in [0.25, 0.3) is 5.57 Å². The van der Waals surface area contributed by atoms with Crippen molar-refractivity contribution in [2.24, 2.45) is 5.92 Å². The molecule has 1 aromatic carbocycles. The lowest BCUT2D eigenvalue weighted by molar-refractivity contribution is -0.137. The standard InChI is InChI=1S/C20H21F3N4/c1-13(2)11-27-12-25-10-19(27)14-3-5-16(7-14)26-17-6-4-15(9-24)18(8-17)20(21,22)23/h3-4,6,8,10,12-13,16,26H,5,7,11H2,1-2H3. The number of imidazole rings is 1. The molecule has 27 heavy (non-hydrogen) atoms. The molecular weight excluding hydrogens is 353 g/mol. The Labute approximate surface area is 156 Å². The fraction of sp³-hybridized carbons (Fsp3) is 0.400. The monoisotopic (exact) mass is 374 g/mol. The van der Waals surface area contributed by atoms with Gasteiger partial charge in [-0.3, -0.25) is 0 Å². The zero-order chi connectivity index (χ0) is 19.6. The second-order valence-electron chi connectivity index (χ2n) is 7.21. The fourth-order valence-electron chi connectivity index (χ4n) is 3.36. The van der Waals surface area contributed by atoms with Gasteiger partial charge in [0, 0.05) is 18.3 Å². The largest absolute Gasteiger partial charge is 0.417 e. The third kappa shape index (κ3) is 4.33. The second kappa shape index (κ2) is 7.47. The molecule has 0 bridgehead atoms. The van der Waals surface area contributed by atoms with Crippen molar-refractivity contribution in [3.05, 3.63) is 53.6 Å². The lowest BCUT2D eigenvalue weighted by Gasteiger charge is -2.17. The quantitative estimate of drug-likeness (QED) is 0.793. The molecule has 0 saturated heterocycles. The minimum Gasteiger partial charge on any atom is -0.382 e. The maximum atomic E-state index is 13.1. The van der Waals surface area contributed by atoms with Crippen molar-refractivity contribution in [3.63, 3.8) is 0 Å². The second-order valence-corrected chi connectivity index (χ2v) is 7.21. The molecule has 1 aromatic heterocycles. The molecule has 1 N–H and O–H groups in total. The molecule has 4 nitrogen and oxygen atoms in total. The molecule has 0 aliphatic heterocycles. The van der Waals surface area contributed by atoms with Gasteiger partial charge in [0.15, 0.2) is 0 Å². The van der Waals surface area contributed by atoms with E-state index in [4.69, 9.17) is 5.26 Å². The van der Waals surface area contributed by atoms with Crippen LogP contribution in [0.1, 0.15) is 43.5 Å². The molecule has 0 saturated carbocycles. The number of aromatic nitrogens is 2. The van der Waals surface area contributed by atoms with Crippen molar-refractivity contribution in [1.82, 2.24) is 9.55 Å². The Morgan fingerprint density at radius 3 is 2.81 bits per heavy atom. The van der Waals surface area contributed by atoms with Crippen LogP contribution in [-0.4, -0.2) is 15.6 Å². The van der Waals surface area contributed by atoms with Crippen LogP contribution in [0.15, 0.2) is 36.8 Å². The van der Waals surface area contributed by atoms with E-state index in [1.54, 1.807) is 6.07 Å². The van der Waals surface area contributed by atoms with Crippen LogP contribution < -0.4 is 5.32 Å². The van der Waals surface area contributed by atoms with Crippen LogP contribution in [-0.2, 0) is 12.7 Å². The lowest BCUT2D eigenvalue weighted by Crippen LogP contribution is -2.17. The highest BCUT2D eigenvalue weighted by atomic mass is 19.4. The highest BCUT2D eigenvalue weighted by molar-refractivity contribution is 5.67. The molecule has 1 atom stereocenters. The van der Waals surface area contributed by atoms with Gasteiger partial charge in [-0.25, -0.2) is 4.98 Å². The summed E-state index contributed by atoms with van der Waals surface area (Å²) in [6.07, 6.45) is 2.65. The van der Waals surface area contributed by atoms with Gasteiger partial charge in [0.1, 0.15) is 0 Å². The van der Waals surface area contributed by atoms with Gasteiger partial charge in [0.25, 0.3) is 0 Å². The average Bonchev–Trinajstić information content (AvgIpc) is 3.22. The van der Waals surface area contributed by atoms with Crippen LogP contribution in [0.2, 0.25) is 0 Å². The number of hydrogen-bond donors (Lipinski definition) is 1. The first-order valence-corrected chi connectivity index (χ1v) is 8.85. The van der Waals surface area contributed by atoms with E-state index < -0.39 is 11.7 Å². The SMILES string of the molecule is CC(C)Cn1cncc1C1=CCC(Nc2ccc(C#N)c(C(F)(F)F)c2)C1. The highest BCUT2D eigenvalue weighted by Gasteiger charge is 2.34. The molecule has 0 radical (unpaired) electrons. The molecule has 0 fully saturated rings. The van der Waals surface area contributed by atoms with Crippen LogP contribution in [0.4, 0.5) is 18.9 Å². The van der Waals surface area contributed by atoms with E-state index in [1.165, 1.54) is 12.1 Å². The van der Waals surface area contributed by atoms with Gasteiger partial charge in [-0.05, 0) is 42.5 Å². The predicted molar refractivity (Wildman–Crippen MR) is 97.8 cm³/mol. The molecule has 142 valence electrons. The summed E-state index contributed by atoms with van der Waals surface area (Å²) in [4.78, 5) is 4.23. The van der Waals surface area contributed by atoms with Crippen LogP contribution in [0.5, 0.6) is 0 Å². The van der Waals surface area contributed by atoms with Crippen molar-refractivity contribution in [3.8, 4) is 6.07 Å². The number of hydrogen-bond acceptors (Lipinski definition) is 3. The van der Waals surface area contributed by atoms with Gasteiger partial charge >= 0.3 is 6.18 Å². The Bertz CT molecular complexity index is 887. The summed E-state index contributed by atoms with van der Waals surface area (Å²) in [6, 6.07) is 5.36. The maximum absolute atomic E-state index is 13.1. The number of nitrogens with zero attached hydrogens (tertiary/aromatic N) is 3. The van der Waals surface area contributed by atoms with Crippen LogP contribution in [0, 0.1) is 17.2 Å². The summed E-state index contributed by atoms with van der Waals surface area (Å²) >= 11 is 0. The zero-order valence-corrected chi connectivity index (χ0v) is 15.2. The third-order valence-electron chi connectivity index (χ3n) is 4.53. The Hall–Kier alpha value is -2.75.